The van der Waals surface area contributed by atoms with Crippen LogP contribution in [0.4, 0.5) is 5.69 Å². The molecule has 0 saturated carbocycles. The van der Waals surface area contributed by atoms with Crippen LogP contribution in [0.5, 0.6) is 0 Å². The van der Waals surface area contributed by atoms with Gasteiger partial charge in [-0.1, -0.05) is 48.9 Å². The Balaban J connectivity index is 1.39. The van der Waals surface area contributed by atoms with Crippen LogP contribution < -0.4 is 5.32 Å². The van der Waals surface area contributed by atoms with Gasteiger partial charge in [-0.15, -0.1) is 0 Å². The summed E-state index contributed by atoms with van der Waals surface area (Å²) < 4.78 is 27.4. The predicted molar refractivity (Wildman–Crippen MR) is 129 cm³/mol. The molecule has 1 aromatic heterocycles. The number of aromatic nitrogens is 1. The fourth-order valence-electron chi connectivity index (χ4n) is 3.73. The maximum atomic E-state index is 12.9. The number of pyridine rings is 1. The number of hydrogen-bond donors (Lipinski definition) is 1. The van der Waals surface area contributed by atoms with Crippen molar-refractivity contribution in [2.75, 3.05) is 18.4 Å². The number of amides is 1. The number of hydrogen-bond acceptors (Lipinski definition) is 5. The minimum atomic E-state index is -3.50. The van der Waals surface area contributed by atoms with Crippen molar-refractivity contribution in [3.8, 4) is 0 Å². The van der Waals surface area contributed by atoms with Gasteiger partial charge in [0, 0.05) is 24.2 Å². The summed E-state index contributed by atoms with van der Waals surface area (Å²) in [6.07, 6.45) is 3.94. The Hall–Kier alpha value is -2.42. The molecule has 0 spiro atoms. The summed E-state index contributed by atoms with van der Waals surface area (Å²) in [5.41, 5.74) is 1.47. The highest BCUT2D eigenvalue weighted by atomic mass is 32.2. The highest BCUT2D eigenvalue weighted by Gasteiger charge is 2.25. The van der Waals surface area contributed by atoms with Gasteiger partial charge < -0.3 is 5.32 Å². The lowest BCUT2D eigenvalue weighted by atomic mass is 10.2. The summed E-state index contributed by atoms with van der Waals surface area (Å²) in [6.45, 7) is 2.96. The minimum absolute atomic E-state index is 0.159. The smallest absolute Gasteiger partial charge is 0.243 e. The van der Waals surface area contributed by atoms with Crippen molar-refractivity contribution < 1.29 is 13.2 Å². The molecular weight excluding hydrogens is 442 g/mol. The number of carbonyl (C=O) groups excluding carboxylic acids is 1. The van der Waals surface area contributed by atoms with E-state index in [4.69, 9.17) is 0 Å². The fourth-order valence-corrected chi connectivity index (χ4v) is 6.08. The standard InChI is InChI=1S/C24H27N3O3S2/c1-18(31-23-15-10-19-8-4-5-9-22(19)26-23)24(28)25-20-11-13-21(14-12-20)32(29,30)27-16-6-2-3-7-17-27/h4-5,8-15,18H,2-3,6-7,16-17H2,1H3,(H,25,28). The summed E-state index contributed by atoms with van der Waals surface area (Å²) in [5, 5.41) is 4.36. The van der Waals surface area contributed by atoms with Crippen molar-refractivity contribution in [1.29, 1.82) is 0 Å². The van der Waals surface area contributed by atoms with E-state index in [1.807, 2.05) is 43.3 Å². The first-order chi connectivity index (χ1) is 15.4. The van der Waals surface area contributed by atoms with Crippen molar-refractivity contribution in [3.63, 3.8) is 0 Å². The zero-order valence-corrected chi connectivity index (χ0v) is 19.7. The number of para-hydroxylation sites is 1. The van der Waals surface area contributed by atoms with E-state index in [2.05, 4.69) is 10.3 Å². The highest BCUT2D eigenvalue weighted by molar-refractivity contribution is 8.00. The van der Waals surface area contributed by atoms with E-state index in [0.29, 0.717) is 18.8 Å². The third kappa shape index (κ3) is 5.31. The van der Waals surface area contributed by atoms with E-state index in [1.165, 1.54) is 11.8 Å². The molecule has 0 radical (unpaired) electrons. The number of benzene rings is 2. The maximum Gasteiger partial charge on any atom is 0.243 e. The molecule has 1 atom stereocenters. The van der Waals surface area contributed by atoms with Crippen molar-refractivity contribution in [2.45, 2.75) is 47.8 Å². The van der Waals surface area contributed by atoms with Crippen molar-refractivity contribution in [3.05, 3.63) is 60.7 Å². The molecule has 6 nitrogen and oxygen atoms in total. The lowest BCUT2D eigenvalue weighted by molar-refractivity contribution is -0.115. The first kappa shape index (κ1) is 22.8. The molecule has 2 aromatic carbocycles. The molecule has 1 unspecified atom stereocenters. The second-order valence-electron chi connectivity index (χ2n) is 7.93. The molecule has 1 aliphatic rings. The maximum absolute atomic E-state index is 12.9. The summed E-state index contributed by atoms with van der Waals surface area (Å²) in [6, 6.07) is 18.2. The van der Waals surface area contributed by atoms with Crippen LogP contribution in [0.1, 0.15) is 32.6 Å². The normalized spacial score (nSPS) is 16.4. The van der Waals surface area contributed by atoms with Gasteiger partial charge >= 0.3 is 0 Å². The van der Waals surface area contributed by atoms with Crippen LogP contribution in [-0.2, 0) is 14.8 Å². The molecule has 1 N–H and O–H groups in total. The predicted octanol–water partition coefficient (Wildman–Crippen LogP) is 4.92. The van der Waals surface area contributed by atoms with Crippen molar-refractivity contribution >= 4 is 44.3 Å². The summed E-state index contributed by atoms with van der Waals surface area (Å²) in [5.74, 6) is -0.159. The second kappa shape index (κ2) is 10.0. The van der Waals surface area contributed by atoms with Gasteiger partial charge in [0.05, 0.1) is 20.7 Å². The van der Waals surface area contributed by atoms with Crippen molar-refractivity contribution in [2.24, 2.45) is 0 Å². The zero-order valence-electron chi connectivity index (χ0n) is 18.0. The quantitative estimate of drug-likeness (QED) is 0.519. The molecule has 32 heavy (non-hydrogen) atoms. The average Bonchev–Trinajstić information content (AvgIpc) is 3.09. The van der Waals surface area contributed by atoms with Gasteiger partial charge in [0.2, 0.25) is 15.9 Å². The Bertz CT molecular complexity index is 1190. The first-order valence-corrected chi connectivity index (χ1v) is 13.2. The molecule has 4 rings (SSSR count). The monoisotopic (exact) mass is 469 g/mol. The molecule has 1 aliphatic heterocycles. The van der Waals surface area contributed by atoms with E-state index < -0.39 is 10.0 Å². The lowest BCUT2D eigenvalue weighted by Gasteiger charge is -2.20. The van der Waals surface area contributed by atoms with Crippen LogP contribution in [0, 0.1) is 0 Å². The van der Waals surface area contributed by atoms with Crippen molar-refractivity contribution in [1.82, 2.24) is 9.29 Å². The van der Waals surface area contributed by atoms with Gasteiger partial charge in [-0.2, -0.15) is 4.31 Å². The number of rotatable bonds is 6. The molecule has 2 heterocycles. The van der Waals surface area contributed by atoms with Crippen LogP contribution in [0.3, 0.4) is 0 Å². The van der Waals surface area contributed by atoms with E-state index in [1.54, 1.807) is 28.6 Å². The van der Waals surface area contributed by atoms with Gasteiger partial charge in [-0.05, 0) is 56.2 Å². The molecule has 168 valence electrons. The molecule has 8 heteroatoms. The first-order valence-electron chi connectivity index (χ1n) is 10.9. The molecule has 0 aliphatic carbocycles. The molecule has 1 fully saturated rings. The number of anilines is 1. The Labute approximate surface area is 193 Å². The van der Waals surface area contributed by atoms with Gasteiger partial charge in [0.25, 0.3) is 0 Å². The topological polar surface area (TPSA) is 79.4 Å². The third-order valence-electron chi connectivity index (χ3n) is 5.56. The van der Waals surface area contributed by atoms with Gasteiger partial charge in [-0.25, -0.2) is 13.4 Å². The van der Waals surface area contributed by atoms with E-state index in [0.717, 1.165) is 41.6 Å². The summed E-state index contributed by atoms with van der Waals surface area (Å²) >= 11 is 1.39. The van der Waals surface area contributed by atoms with Gasteiger partial charge in [0.15, 0.2) is 0 Å². The zero-order chi connectivity index (χ0) is 22.6. The Morgan fingerprint density at radius 2 is 1.66 bits per heavy atom. The summed E-state index contributed by atoms with van der Waals surface area (Å²) in [4.78, 5) is 17.5. The van der Waals surface area contributed by atoms with E-state index in [9.17, 15) is 13.2 Å². The average molecular weight is 470 g/mol. The molecule has 1 amide bonds. The van der Waals surface area contributed by atoms with E-state index >= 15 is 0 Å². The van der Waals surface area contributed by atoms with Crippen LogP contribution in [-0.4, -0.2) is 42.0 Å². The SMILES string of the molecule is CC(Sc1ccc2ccccc2n1)C(=O)Nc1ccc(S(=O)(=O)N2CCCCCC2)cc1. The number of fused-ring (bicyclic) bond motifs is 1. The number of carbonyl (C=O) groups is 1. The second-order valence-corrected chi connectivity index (χ2v) is 11.2. The Morgan fingerprint density at radius 1 is 0.969 bits per heavy atom. The molecule has 3 aromatic rings. The molecule has 1 saturated heterocycles. The largest absolute Gasteiger partial charge is 0.325 e. The van der Waals surface area contributed by atoms with Crippen LogP contribution in [0.15, 0.2) is 70.6 Å². The van der Waals surface area contributed by atoms with Crippen LogP contribution >= 0.6 is 11.8 Å². The number of nitrogens with one attached hydrogen (secondary N) is 1. The van der Waals surface area contributed by atoms with Gasteiger partial charge in [-0.3, -0.25) is 4.79 Å². The number of thioether (sulfide) groups is 1. The number of nitrogens with zero attached hydrogens (tertiary/aromatic N) is 2. The Morgan fingerprint density at radius 3 is 2.38 bits per heavy atom. The number of sulfonamides is 1. The lowest BCUT2D eigenvalue weighted by Crippen LogP contribution is -2.31. The highest BCUT2D eigenvalue weighted by Crippen LogP contribution is 2.26. The third-order valence-corrected chi connectivity index (χ3v) is 8.51. The Kier molecular flexibility index (Phi) is 7.13. The summed E-state index contributed by atoms with van der Waals surface area (Å²) in [7, 11) is -3.50. The molecule has 0 bridgehead atoms. The molecular formula is C24H27N3O3S2. The van der Waals surface area contributed by atoms with Crippen LogP contribution in [0.25, 0.3) is 10.9 Å². The van der Waals surface area contributed by atoms with E-state index in [-0.39, 0.29) is 16.1 Å². The van der Waals surface area contributed by atoms with Crippen LogP contribution in [0.2, 0.25) is 0 Å². The fraction of sp³-hybridized carbons (Fsp3) is 0.333. The van der Waals surface area contributed by atoms with Gasteiger partial charge in [0.1, 0.15) is 0 Å². The minimum Gasteiger partial charge on any atom is -0.325 e.